The van der Waals surface area contributed by atoms with Crippen LogP contribution in [0.1, 0.15) is 34.3 Å². The fourth-order valence-electron chi connectivity index (χ4n) is 1.84. The van der Waals surface area contributed by atoms with Gasteiger partial charge in [0.25, 0.3) is 0 Å². The second-order valence-corrected chi connectivity index (χ2v) is 3.92. The van der Waals surface area contributed by atoms with Crippen LogP contribution in [0.3, 0.4) is 0 Å². The molecule has 0 heterocycles. The average Bonchev–Trinajstić information content (AvgIpc) is 2.39. The summed E-state index contributed by atoms with van der Waals surface area (Å²) < 4.78 is 0. The highest BCUT2D eigenvalue weighted by atomic mass is 16.1. The molecule has 2 aromatic rings. The van der Waals surface area contributed by atoms with Crippen LogP contribution in [0.2, 0.25) is 0 Å². The quantitative estimate of drug-likeness (QED) is 0.707. The number of rotatable bonds is 3. The molecule has 1 heteroatoms. The second kappa shape index (κ2) is 4.75. The molecule has 1 unspecified atom stereocenters. The minimum absolute atomic E-state index is 0.320. The summed E-state index contributed by atoms with van der Waals surface area (Å²) in [6.45, 7) is 2.15. The van der Waals surface area contributed by atoms with Crippen molar-refractivity contribution in [3.63, 3.8) is 0 Å². The van der Waals surface area contributed by atoms with Crippen LogP contribution in [0.15, 0.2) is 54.6 Å². The smallest absolute Gasteiger partial charge is 0.150 e. The first-order valence-corrected chi connectivity index (χ1v) is 5.41. The maximum atomic E-state index is 10.7. The van der Waals surface area contributed by atoms with Gasteiger partial charge in [0.05, 0.1) is 0 Å². The van der Waals surface area contributed by atoms with Crippen LogP contribution >= 0.6 is 0 Å². The van der Waals surface area contributed by atoms with Crippen molar-refractivity contribution in [2.75, 3.05) is 0 Å². The lowest BCUT2D eigenvalue weighted by molar-refractivity contribution is 0.112. The molecule has 0 aliphatic heterocycles. The Balaban J connectivity index is 2.34. The molecule has 0 fully saturated rings. The van der Waals surface area contributed by atoms with Gasteiger partial charge in [-0.1, -0.05) is 55.5 Å². The SMILES string of the molecule is CC(c1ccccc1)c1cccc(C=O)c1. The molecule has 0 N–H and O–H groups in total. The van der Waals surface area contributed by atoms with Crippen LogP contribution in [0.5, 0.6) is 0 Å². The van der Waals surface area contributed by atoms with Crippen LogP contribution in [-0.2, 0) is 0 Å². The van der Waals surface area contributed by atoms with Crippen LogP contribution in [0.25, 0.3) is 0 Å². The molecule has 0 radical (unpaired) electrons. The van der Waals surface area contributed by atoms with Gasteiger partial charge in [-0.2, -0.15) is 0 Å². The van der Waals surface area contributed by atoms with Crippen LogP contribution in [-0.4, -0.2) is 6.29 Å². The number of aldehydes is 1. The van der Waals surface area contributed by atoms with Crippen molar-refractivity contribution in [3.8, 4) is 0 Å². The Morgan fingerprint density at radius 3 is 2.31 bits per heavy atom. The third-order valence-corrected chi connectivity index (χ3v) is 2.85. The van der Waals surface area contributed by atoms with Gasteiger partial charge >= 0.3 is 0 Å². The van der Waals surface area contributed by atoms with Crippen molar-refractivity contribution < 1.29 is 4.79 Å². The van der Waals surface area contributed by atoms with Gasteiger partial charge in [0.2, 0.25) is 0 Å². The Hall–Kier alpha value is -1.89. The van der Waals surface area contributed by atoms with E-state index in [2.05, 4.69) is 25.1 Å². The van der Waals surface area contributed by atoms with E-state index >= 15 is 0 Å². The zero-order valence-corrected chi connectivity index (χ0v) is 9.26. The van der Waals surface area contributed by atoms with E-state index in [0.717, 1.165) is 11.8 Å². The van der Waals surface area contributed by atoms with Gasteiger partial charge in [-0.15, -0.1) is 0 Å². The molecular weight excluding hydrogens is 196 g/mol. The van der Waals surface area contributed by atoms with E-state index in [1.54, 1.807) is 0 Å². The first-order chi connectivity index (χ1) is 7.81. The Morgan fingerprint density at radius 2 is 1.62 bits per heavy atom. The largest absolute Gasteiger partial charge is 0.298 e. The predicted molar refractivity (Wildman–Crippen MR) is 65.8 cm³/mol. The van der Waals surface area contributed by atoms with Crippen molar-refractivity contribution in [3.05, 3.63) is 71.3 Å². The molecular formula is C15H14O. The Kier molecular flexibility index (Phi) is 3.16. The van der Waals surface area contributed by atoms with Gasteiger partial charge in [0.1, 0.15) is 6.29 Å². The van der Waals surface area contributed by atoms with Gasteiger partial charge in [0, 0.05) is 11.5 Å². The first kappa shape index (κ1) is 10.6. The summed E-state index contributed by atoms with van der Waals surface area (Å²) in [5, 5.41) is 0. The van der Waals surface area contributed by atoms with E-state index in [0.29, 0.717) is 5.92 Å². The minimum atomic E-state index is 0.320. The predicted octanol–water partition coefficient (Wildman–Crippen LogP) is 3.65. The Bertz CT molecular complexity index is 474. The van der Waals surface area contributed by atoms with Crippen molar-refractivity contribution in [1.29, 1.82) is 0 Å². The number of hydrogen-bond acceptors (Lipinski definition) is 1. The van der Waals surface area contributed by atoms with Crippen molar-refractivity contribution in [2.24, 2.45) is 0 Å². The fourth-order valence-corrected chi connectivity index (χ4v) is 1.84. The normalized spacial score (nSPS) is 12.1. The number of benzene rings is 2. The van der Waals surface area contributed by atoms with Crippen molar-refractivity contribution in [2.45, 2.75) is 12.8 Å². The number of carbonyl (C=O) groups excluding carboxylic acids is 1. The first-order valence-electron chi connectivity index (χ1n) is 5.41. The topological polar surface area (TPSA) is 17.1 Å². The highest BCUT2D eigenvalue weighted by Gasteiger charge is 2.07. The molecule has 0 aliphatic rings. The molecule has 2 rings (SSSR count). The molecule has 0 aromatic heterocycles. The monoisotopic (exact) mass is 210 g/mol. The molecule has 0 aliphatic carbocycles. The van der Waals surface area contributed by atoms with E-state index < -0.39 is 0 Å². The summed E-state index contributed by atoms with van der Waals surface area (Å²) in [4.78, 5) is 10.7. The Morgan fingerprint density at radius 1 is 0.938 bits per heavy atom. The van der Waals surface area contributed by atoms with Gasteiger partial charge in [-0.25, -0.2) is 0 Å². The molecule has 80 valence electrons. The maximum Gasteiger partial charge on any atom is 0.150 e. The summed E-state index contributed by atoms with van der Waals surface area (Å²) in [5.41, 5.74) is 3.18. The fraction of sp³-hybridized carbons (Fsp3) is 0.133. The van der Waals surface area contributed by atoms with Crippen molar-refractivity contribution >= 4 is 6.29 Å². The summed E-state index contributed by atoms with van der Waals surface area (Å²) in [6, 6.07) is 18.1. The highest BCUT2D eigenvalue weighted by Crippen LogP contribution is 2.23. The van der Waals surface area contributed by atoms with E-state index in [1.165, 1.54) is 11.1 Å². The molecule has 0 amide bonds. The average molecular weight is 210 g/mol. The number of hydrogen-bond donors (Lipinski definition) is 0. The molecule has 1 nitrogen and oxygen atoms in total. The van der Waals surface area contributed by atoms with Crippen LogP contribution < -0.4 is 0 Å². The van der Waals surface area contributed by atoms with Gasteiger partial charge in [0.15, 0.2) is 0 Å². The molecule has 0 saturated carbocycles. The summed E-state index contributed by atoms with van der Waals surface area (Å²) >= 11 is 0. The van der Waals surface area contributed by atoms with Crippen molar-refractivity contribution in [1.82, 2.24) is 0 Å². The Labute approximate surface area is 95.7 Å². The molecule has 0 saturated heterocycles. The van der Waals surface area contributed by atoms with E-state index in [4.69, 9.17) is 0 Å². The van der Waals surface area contributed by atoms with E-state index in [-0.39, 0.29) is 0 Å². The van der Waals surface area contributed by atoms with Gasteiger partial charge in [-0.3, -0.25) is 4.79 Å². The lowest BCUT2D eigenvalue weighted by Gasteiger charge is -2.12. The molecule has 0 spiro atoms. The third kappa shape index (κ3) is 2.19. The molecule has 0 bridgehead atoms. The zero-order chi connectivity index (χ0) is 11.4. The highest BCUT2D eigenvalue weighted by molar-refractivity contribution is 5.75. The van der Waals surface area contributed by atoms with Crippen LogP contribution in [0.4, 0.5) is 0 Å². The lowest BCUT2D eigenvalue weighted by atomic mass is 9.92. The molecule has 2 aromatic carbocycles. The van der Waals surface area contributed by atoms with Gasteiger partial charge in [-0.05, 0) is 17.2 Å². The summed E-state index contributed by atoms with van der Waals surface area (Å²) in [5.74, 6) is 0.320. The number of carbonyl (C=O) groups is 1. The molecule has 1 atom stereocenters. The zero-order valence-electron chi connectivity index (χ0n) is 9.26. The minimum Gasteiger partial charge on any atom is -0.298 e. The summed E-state index contributed by atoms with van der Waals surface area (Å²) in [6.07, 6.45) is 0.890. The van der Waals surface area contributed by atoms with Gasteiger partial charge < -0.3 is 0 Å². The summed E-state index contributed by atoms with van der Waals surface area (Å²) in [7, 11) is 0. The standard InChI is InChI=1S/C15H14O/c1-12(14-7-3-2-4-8-14)15-9-5-6-13(10-15)11-16/h2-12H,1H3. The molecule has 16 heavy (non-hydrogen) atoms. The van der Waals surface area contributed by atoms with Crippen LogP contribution in [0, 0.1) is 0 Å². The maximum absolute atomic E-state index is 10.7. The van der Waals surface area contributed by atoms with E-state index in [9.17, 15) is 4.79 Å². The third-order valence-electron chi connectivity index (χ3n) is 2.85. The van der Waals surface area contributed by atoms with E-state index in [1.807, 2.05) is 36.4 Å². The lowest BCUT2D eigenvalue weighted by Crippen LogP contribution is -1.96. The second-order valence-electron chi connectivity index (χ2n) is 3.92.